The third-order valence-corrected chi connectivity index (χ3v) is 4.31. The number of nitrogens with one attached hydrogen (secondary N) is 1. The van der Waals surface area contributed by atoms with Gasteiger partial charge >= 0.3 is 0 Å². The Balaban J connectivity index is 1.56. The highest BCUT2D eigenvalue weighted by atomic mass is 32.1. The minimum Gasteiger partial charge on any atom is -0.357 e. The highest BCUT2D eigenvalue weighted by Crippen LogP contribution is 2.17. The molecule has 1 aliphatic heterocycles. The lowest BCUT2D eigenvalue weighted by atomic mass is 10.2. The molecule has 0 bridgehead atoms. The van der Waals surface area contributed by atoms with Crippen LogP contribution in [0, 0.1) is 0 Å². The van der Waals surface area contributed by atoms with Crippen molar-refractivity contribution in [1.82, 2.24) is 10.3 Å². The molecule has 3 rings (SSSR count). The molecule has 0 saturated carbocycles. The van der Waals surface area contributed by atoms with Gasteiger partial charge in [0.25, 0.3) is 5.91 Å². The molecule has 5 heteroatoms. The lowest BCUT2D eigenvalue weighted by molar-refractivity contribution is 0.0955. The zero-order chi connectivity index (χ0) is 13.8. The van der Waals surface area contributed by atoms with Gasteiger partial charge < -0.3 is 10.2 Å². The monoisotopic (exact) mass is 287 g/mol. The highest BCUT2D eigenvalue weighted by Gasteiger charge is 2.13. The van der Waals surface area contributed by atoms with Gasteiger partial charge in [0, 0.05) is 25.8 Å². The zero-order valence-corrected chi connectivity index (χ0v) is 12.0. The van der Waals surface area contributed by atoms with Crippen LogP contribution in [0.5, 0.6) is 0 Å². The Morgan fingerprint density at radius 2 is 2.15 bits per heavy atom. The van der Waals surface area contributed by atoms with Crippen LogP contribution in [-0.2, 0) is 6.54 Å². The molecule has 20 heavy (non-hydrogen) atoms. The van der Waals surface area contributed by atoms with Crippen LogP contribution in [0.2, 0.25) is 0 Å². The standard InChI is InChI=1S/C15H17N3OS/c19-15(13-4-3-9-20-13)17-11-12-5-6-14(16-10-12)18-7-1-2-8-18/h3-6,9-10H,1-2,7-8,11H2,(H,17,19). The van der Waals surface area contributed by atoms with E-state index in [4.69, 9.17) is 0 Å². The topological polar surface area (TPSA) is 45.2 Å². The third kappa shape index (κ3) is 2.99. The molecular weight excluding hydrogens is 270 g/mol. The molecule has 0 unspecified atom stereocenters. The van der Waals surface area contributed by atoms with Crippen molar-refractivity contribution < 1.29 is 4.79 Å². The Morgan fingerprint density at radius 1 is 1.30 bits per heavy atom. The third-order valence-electron chi connectivity index (χ3n) is 3.44. The smallest absolute Gasteiger partial charge is 0.261 e. The van der Waals surface area contributed by atoms with Crippen LogP contribution in [0.1, 0.15) is 28.1 Å². The molecule has 1 fully saturated rings. The number of carbonyl (C=O) groups is 1. The first-order valence-electron chi connectivity index (χ1n) is 6.84. The Labute approximate surface area is 122 Å². The van der Waals surface area contributed by atoms with Gasteiger partial charge in [-0.25, -0.2) is 4.98 Å². The number of hydrogen-bond acceptors (Lipinski definition) is 4. The molecule has 1 N–H and O–H groups in total. The van der Waals surface area contributed by atoms with Crippen LogP contribution < -0.4 is 10.2 Å². The van der Waals surface area contributed by atoms with Gasteiger partial charge in [0.1, 0.15) is 5.82 Å². The maximum Gasteiger partial charge on any atom is 0.261 e. The van der Waals surface area contributed by atoms with Crippen molar-refractivity contribution >= 4 is 23.1 Å². The highest BCUT2D eigenvalue weighted by molar-refractivity contribution is 7.12. The second-order valence-corrected chi connectivity index (χ2v) is 5.83. The lowest BCUT2D eigenvalue weighted by Gasteiger charge is -2.16. The maximum atomic E-state index is 11.8. The average Bonchev–Trinajstić information content (AvgIpc) is 3.18. The van der Waals surface area contributed by atoms with E-state index in [9.17, 15) is 4.79 Å². The summed E-state index contributed by atoms with van der Waals surface area (Å²) >= 11 is 1.45. The summed E-state index contributed by atoms with van der Waals surface area (Å²) in [5.74, 6) is 1.01. The number of thiophene rings is 1. The molecule has 2 aromatic rings. The average molecular weight is 287 g/mol. The fourth-order valence-corrected chi connectivity index (χ4v) is 2.97. The van der Waals surface area contributed by atoms with E-state index in [0.717, 1.165) is 29.3 Å². The second kappa shape index (κ2) is 6.05. The number of aromatic nitrogens is 1. The van der Waals surface area contributed by atoms with Crippen molar-refractivity contribution in [2.45, 2.75) is 19.4 Å². The molecule has 0 radical (unpaired) electrons. The Hall–Kier alpha value is -1.88. The van der Waals surface area contributed by atoms with E-state index in [1.807, 2.05) is 35.8 Å². The minimum absolute atomic E-state index is 0.0244. The molecule has 104 valence electrons. The van der Waals surface area contributed by atoms with Crippen LogP contribution in [0.25, 0.3) is 0 Å². The number of rotatable bonds is 4. The van der Waals surface area contributed by atoms with Crippen LogP contribution >= 0.6 is 11.3 Å². The van der Waals surface area contributed by atoms with Crippen molar-refractivity contribution in [3.8, 4) is 0 Å². The van der Waals surface area contributed by atoms with E-state index in [1.165, 1.54) is 24.2 Å². The van der Waals surface area contributed by atoms with E-state index in [2.05, 4.69) is 15.2 Å². The summed E-state index contributed by atoms with van der Waals surface area (Å²) in [6.07, 6.45) is 4.35. The zero-order valence-electron chi connectivity index (χ0n) is 11.2. The normalized spacial score (nSPS) is 14.5. The number of nitrogens with zero attached hydrogens (tertiary/aromatic N) is 2. The first-order valence-corrected chi connectivity index (χ1v) is 7.72. The Morgan fingerprint density at radius 3 is 2.80 bits per heavy atom. The molecule has 1 amide bonds. The van der Waals surface area contributed by atoms with Crippen LogP contribution in [-0.4, -0.2) is 24.0 Å². The summed E-state index contributed by atoms with van der Waals surface area (Å²) < 4.78 is 0. The largest absolute Gasteiger partial charge is 0.357 e. The summed E-state index contributed by atoms with van der Waals surface area (Å²) in [5, 5.41) is 4.81. The fraction of sp³-hybridized carbons (Fsp3) is 0.333. The minimum atomic E-state index is -0.0244. The first-order chi connectivity index (χ1) is 9.83. The predicted octanol–water partition coefficient (Wildman–Crippen LogP) is 2.67. The van der Waals surface area contributed by atoms with E-state index >= 15 is 0 Å². The van der Waals surface area contributed by atoms with E-state index in [1.54, 1.807) is 0 Å². The molecular formula is C15H17N3OS. The van der Waals surface area contributed by atoms with Gasteiger partial charge in [0.05, 0.1) is 4.88 Å². The maximum absolute atomic E-state index is 11.8. The van der Waals surface area contributed by atoms with Gasteiger partial charge in [-0.2, -0.15) is 0 Å². The van der Waals surface area contributed by atoms with Gasteiger partial charge in [-0.15, -0.1) is 11.3 Å². The summed E-state index contributed by atoms with van der Waals surface area (Å²) in [4.78, 5) is 19.3. The van der Waals surface area contributed by atoms with Gasteiger partial charge in [0.2, 0.25) is 0 Å². The molecule has 1 saturated heterocycles. The van der Waals surface area contributed by atoms with Crippen molar-refractivity contribution in [3.05, 3.63) is 46.3 Å². The molecule has 2 aromatic heterocycles. The molecule has 1 aliphatic rings. The Kier molecular flexibility index (Phi) is 3.97. The van der Waals surface area contributed by atoms with Crippen molar-refractivity contribution in [2.75, 3.05) is 18.0 Å². The molecule has 0 aromatic carbocycles. The molecule has 3 heterocycles. The van der Waals surface area contributed by atoms with E-state index in [0.29, 0.717) is 6.54 Å². The molecule has 4 nitrogen and oxygen atoms in total. The van der Waals surface area contributed by atoms with Crippen molar-refractivity contribution in [2.24, 2.45) is 0 Å². The van der Waals surface area contributed by atoms with Crippen molar-refractivity contribution in [1.29, 1.82) is 0 Å². The van der Waals surface area contributed by atoms with E-state index in [-0.39, 0.29) is 5.91 Å². The van der Waals surface area contributed by atoms with E-state index < -0.39 is 0 Å². The number of anilines is 1. The summed E-state index contributed by atoms with van der Waals surface area (Å²) in [6.45, 7) is 2.72. The van der Waals surface area contributed by atoms with Gasteiger partial charge in [-0.3, -0.25) is 4.79 Å². The summed E-state index contributed by atoms with van der Waals surface area (Å²) in [6, 6.07) is 7.79. The van der Waals surface area contributed by atoms with Crippen molar-refractivity contribution in [3.63, 3.8) is 0 Å². The van der Waals surface area contributed by atoms with Gasteiger partial charge in [-0.05, 0) is 35.9 Å². The quantitative estimate of drug-likeness (QED) is 0.940. The number of pyridine rings is 1. The van der Waals surface area contributed by atoms with Crippen LogP contribution in [0.4, 0.5) is 5.82 Å². The molecule has 0 spiro atoms. The number of hydrogen-bond donors (Lipinski definition) is 1. The number of carbonyl (C=O) groups excluding carboxylic acids is 1. The number of amides is 1. The Bertz CT molecular complexity index is 559. The van der Waals surface area contributed by atoms with Gasteiger partial charge in [-0.1, -0.05) is 12.1 Å². The molecule has 0 aliphatic carbocycles. The van der Waals surface area contributed by atoms with Crippen LogP contribution in [0.3, 0.4) is 0 Å². The van der Waals surface area contributed by atoms with Gasteiger partial charge in [0.15, 0.2) is 0 Å². The molecule has 0 atom stereocenters. The first kappa shape index (κ1) is 13.1. The lowest BCUT2D eigenvalue weighted by Crippen LogP contribution is -2.22. The SMILES string of the molecule is O=C(NCc1ccc(N2CCCC2)nc1)c1cccs1. The van der Waals surface area contributed by atoms with Crippen LogP contribution in [0.15, 0.2) is 35.8 Å². The predicted molar refractivity (Wildman–Crippen MR) is 81.2 cm³/mol. The second-order valence-electron chi connectivity index (χ2n) is 4.88. The fourth-order valence-electron chi connectivity index (χ4n) is 2.33. The summed E-state index contributed by atoms with van der Waals surface area (Å²) in [5.41, 5.74) is 1.03. The summed E-state index contributed by atoms with van der Waals surface area (Å²) in [7, 11) is 0.